The predicted molar refractivity (Wildman–Crippen MR) is 78.2 cm³/mol. The first-order valence-corrected chi connectivity index (χ1v) is 8.30. The summed E-state index contributed by atoms with van der Waals surface area (Å²) >= 11 is 5.63. The molecular weight excluding hydrogens is 298 g/mol. The Kier molecular flexibility index (Phi) is 5.23. The van der Waals surface area contributed by atoms with Gasteiger partial charge in [-0.25, -0.2) is 13.1 Å². The van der Waals surface area contributed by atoms with Crippen molar-refractivity contribution >= 4 is 21.6 Å². The van der Waals surface area contributed by atoms with Gasteiger partial charge in [-0.15, -0.1) is 11.6 Å². The SMILES string of the molecule is O=S(=O)(NCc1ccco1)c1ccc(CCCCl)cc1. The Hall–Kier alpha value is -1.30. The van der Waals surface area contributed by atoms with Gasteiger partial charge in [-0.1, -0.05) is 12.1 Å². The second-order valence-electron chi connectivity index (χ2n) is 4.34. The zero-order chi connectivity index (χ0) is 14.4. The van der Waals surface area contributed by atoms with Crippen molar-refractivity contribution in [2.45, 2.75) is 24.3 Å². The first-order chi connectivity index (χ1) is 9.62. The van der Waals surface area contributed by atoms with E-state index in [-0.39, 0.29) is 11.4 Å². The van der Waals surface area contributed by atoms with Crippen LogP contribution in [0, 0.1) is 0 Å². The number of rotatable bonds is 7. The molecule has 0 atom stereocenters. The Bertz CT molecular complexity index is 621. The fourth-order valence-corrected chi connectivity index (χ4v) is 2.90. The van der Waals surface area contributed by atoms with Gasteiger partial charge in [0.1, 0.15) is 5.76 Å². The Balaban J connectivity index is 2.01. The van der Waals surface area contributed by atoms with E-state index in [4.69, 9.17) is 16.0 Å². The maximum Gasteiger partial charge on any atom is 0.240 e. The van der Waals surface area contributed by atoms with Gasteiger partial charge >= 0.3 is 0 Å². The maximum absolute atomic E-state index is 12.1. The predicted octanol–water partition coefficient (Wildman–Crippen LogP) is 2.93. The van der Waals surface area contributed by atoms with Gasteiger partial charge in [-0.05, 0) is 42.7 Å². The Morgan fingerprint density at radius 3 is 2.50 bits per heavy atom. The summed E-state index contributed by atoms with van der Waals surface area (Å²) in [6, 6.07) is 10.3. The van der Waals surface area contributed by atoms with Gasteiger partial charge in [0.25, 0.3) is 0 Å². The monoisotopic (exact) mass is 313 g/mol. The van der Waals surface area contributed by atoms with E-state index in [1.807, 2.05) is 12.1 Å². The third kappa shape index (κ3) is 4.10. The summed E-state index contributed by atoms with van der Waals surface area (Å²) in [5.41, 5.74) is 1.08. The van der Waals surface area contributed by atoms with Crippen LogP contribution in [0.3, 0.4) is 0 Å². The Morgan fingerprint density at radius 1 is 1.15 bits per heavy atom. The number of benzene rings is 1. The second kappa shape index (κ2) is 6.92. The summed E-state index contributed by atoms with van der Waals surface area (Å²) in [6.07, 6.45) is 3.24. The molecule has 0 bridgehead atoms. The van der Waals surface area contributed by atoms with Gasteiger partial charge in [0.15, 0.2) is 0 Å². The molecule has 0 aliphatic heterocycles. The number of halogens is 1. The highest BCUT2D eigenvalue weighted by atomic mass is 35.5. The molecule has 6 heteroatoms. The van der Waals surface area contributed by atoms with Crippen LogP contribution < -0.4 is 4.72 Å². The number of hydrogen-bond acceptors (Lipinski definition) is 3. The summed E-state index contributed by atoms with van der Waals surface area (Å²) in [5.74, 6) is 1.18. The molecule has 1 aromatic carbocycles. The minimum Gasteiger partial charge on any atom is -0.468 e. The van der Waals surface area contributed by atoms with Crippen LogP contribution >= 0.6 is 11.6 Å². The summed E-state index contributed by atoms with van der Waals surface area (Å²) in [6.45, 7) is 0.142. The van der Waals surface area contributed by atoms with Crippen molar-refractivity contribution in [3.8, 4) is 0 Å². The van der Waals surface area contributed by atoms with Crippen LogP contribution in [0.4, 0.5) is 0 Å². The van der Waals surface area contributed by atoms with E-state index in [2.05, 4.69) is 4.72 Å². The maximum atomic E-state index is 12.1. The normalized spacial score (nSPS) is 11.7. The van der Waals surface area contributed by atoms with Crippen LogP contribution in [0.1, 0.15) is 17.7 Å². The van der Waals surface area contributed by atoms with E-state index in [0.29, 0.717) is 11.6 Å². The molecule has 2 aromatic rings. The van der Waals surface area contributed by atoms with Crippen molar-refractivity contribution in [1.82, 2.24) is 4.72 Å². The van der Waals surface area contributed by atoms with Gasteiger partial charge in [0, 0.05) is 5.88 Å². The number of sulfonamides is 1. The smallest absolute Gasteiger partial charge is 0.240 e. The average Bonchev–Trinajstić information content (AvgIpc) is 2.97. The first kappa shape index (κ1) is 15.1. The molecule has 0 fully saturated rings. The molecule has 0 amide bonds. The van der Waals surface area contributed by atoms with Crippen molar-refractivity contribution in [3.05, 3.63) is 54.0 Å². The van der Waals surface area contributed by atoms with Gasteiger partial charge in [0.2, 0.25) is 10.0 Å². The highest BCUT2D eigenvalue weighted by molar-refractivity contribution is 7.89. The fourth-order valence-electron chi connectivity index (χ4n) is 1.77. The van der Waals surface area contributed by atoms with Crippen molar-refractivity contribution in [2.75, 3.05) is 5.88 Å². The molecule has 0 aliphatic rings. The molecule has 0 unspecified atom stereocenters. The van der Waals surface area contributed by atoms with E-state index in [1.165, 1.54) is 6.26 Å². The van der Waals surface area contributed by atoms with Gasteiger partial charge in [-0.3, -0.25) is 0 Å². The third-order valence-corrected chi connectivity index (χ3v) is 4.53. The van der Waals surface area contributed by atoms with E-state index in [9.17, 15) is 8.42 Å². The molecule has 0 radical (unpaired) electrons. The molecule has 0 aliphatic carbocycles. The lowest BCUT2D eigenvalue weighted by Gasteiger charge is -2.06. The molecular formula is C14H16ClNO3S. The molecule has 0 saturated carbocycles. The van der Waals surface area contributed by atoms with Crippen LogP contribution in [0.2, 0.25) is 0 Å². The topological polar surface area (TPSA) is 59.3 Å². The van der Waals surface area contributed by atoms with Crippen LogP contribution in [0.25, 0.3) is 0 Å². The Labute approximate surface area is 123 Å². The molecule has 1 aromatic heterocycles. The molecule has 1 heterocycles. The molecule has 20 heavy (non-hydrogen) atoms. The quantitative estimate of drug-likeness (QED) is 0.800. The van der Waals surface area contributed by atoms with Crippen LogP contribution in [-0.2, 0) is 23.0 Å². The lowest BCUT2D eigenvalue weighted by atomic mass is 10.1. The number of furan rings is 1. The molecule has 4 nitrogen and oxygen atoms in total. The number of hydrogen-bond donors (Lipinski definition) is 1. The molecule has 1 N–H and O–H groups in total. The molecule has 2 rings (SSSR count). The fraction of sp³-hybridized carbons (Fsp3) is 0.286. The molecule has 0 saturated heterocycles. The van der Waals surface area contributed by atoms with E-state index < -0.39 is 10.0 Å². The van der Waals surface area contributed by atoms with Crippen molar-refractivity contribution < 1.29 is 12.8 Å². The van der Waals surface area contributed by atoms with E-state index in [0.717, 1.165) is 18.4 Å². The highest BCUT2D eigenvalue weighted by Crippen LogP contribution is 2.13. The zero-order valence-corrected chi connectivity index (χ0v) is 12.5. The van der Waals surface area contributed by atoms with Crippen molar-refractivity contribution in [1.29, 1.82) is 0 Å². The van der Waals surface area contributed by atoms with Crippen molar-refractivity contribution in [2.24, 2.45) is 0 Å². The van der Waals surface area contributed by atoms with Gasteiger partial charge in [0.05, 0.1) is 17.7 Å². The summed E-state index contributed by atoms with van der Waals surface area (Å²) in [4.78, 5) is 0.249. The van der Waals surface area contributed by atoms with Crippen LogP contribution in [0.5, 0.6) is 0 Å². The standard InChI is InChI=1S/C14H16ClNO3S/c15-9-1-3-12-5-7-14(8-6-12)20(17,18)16-11-13-4-2-10-19-13/h2,4-8,10,16H,1,3,9,11H2. The van der Waals surface area contributed by atoms with Crippen molar-refractivity contribution in [3.63, 3.8) is 0 Å². The van der Waals surface area contributed by atoms with Crippen LogP contribution in [-0.4, -0.2) is 14.3 Å². The summed E-state index contributed by atoms with van der Waals surface area (Å²) in [7, 11) is -3.51. The summed E-state index contributed by atoms with van der Waals surface area (Å²) in [5, 5.41) is 0. The Morgan fingerprint density at radius 2 is 1.90 bits per heavy atom. The number of aryl methyl sites for hydroxylation is 1. The summed E-state index contributed by atoms with van der Waals surface area (Å²) < 4.78 is 31.7. The lowest BCUT2D eigenvalue weighted by molar-refractivity contribution is 0.498. The minimum atomic E-state index is -3.51. The zero-order valence-electron chi connectivity index (χ0n) is 10.9. The average molecular weight is 314 g/mol. The van der Waals surface area contributed by atoms with Gasteiger partial charge in [-0.2, -0.15) is 0 Å². The molecule has 0 spiro atoms. The third-order valence-electron chi connectivity index (χ3n) is 2.85. The first-order valence-electron chi connectivity index (χ1n) is 6.29. The van der Waals surface area contributed by atoms with Gasteiger partial charge < -0.3 is 4.42 Å². The van der Waals surface area contributed by atoms with E-state index in [1.54, 1.807) is 24.3 Å². The minimum absolute atomic E-state index is 0.142. The largest absolute Gasteiger partial charge is 0.468 e. The van der Waals surface area contributed by atoms with E-state index >= 15 is 0 Å². The highest BCUT2D eigenvalue weighted by Gasteiger charge is 2.13. The second-order valence-corrected chi connectivity index (χ2v) is 6.49. The molecule has 108 valence electrons. The number of nitrogens with one attached hydrogen (secondary N) is 1. The van der Waals surface area contributed by atoms with Crippen LogP contribution in [0.15, 0.2) is 52.0 Å². The number of alkyl halides is 1. The lowest BCUT2D eigenvalue weighted by Crippen LogP contribution is -2.22.